The van der Waals surface area contributed by atoms with E-state index in [4.69, 9.17) is 21.7 Å². The molecule has 1 fully saturated rings. The summed E-state index contributed by atoms with van der Waals surface area (Å²) in [4.78, 5) is 15.0. The summed E-state index contributed by atoms with van der Waals surface area (Å²) in [5.41, 5.74) is 3.12. The fourth-order valence-electron chi connectivity index (χ4n) is 2.77. The van der Waals surface area contributed by atoms with Crippen LogP contribution in [-0.4, -0.2) is 21.9 Å². The Bertz CT molecular complexity index is 907. The van der Waals surface area contributed by atoms with Crippen LogP contribution in [0.15, 0.2) is 47.4 Å². The van der Waals surface area contributed by atoms with Gasteiger partial charge in [-0.1, -0.05) is 59.9 Å². The van der Waals surface area contributed by atoms with Gasteiger partial charge in [0, 0.05) is 0 Å². The third-order valence-corrected chi connectivity index (χ3v) is 5.37. The molecule has 2 aliphatic heterocycles. The van der Waals surface area contributed by atoms with Crippen LogP contribution >= 0.6 is 24.0 Å². The molecule has 0 radical (unpaired) electrons. The van der Waals surface area contributed by atoms with Crippen molar-refractivity contribution in [3.8, 4) is 11.5 Å². The molecule has 1 saturated heterocycles. The van der Waals surface area contributed by atoms with Crippen molar-refractivity contribution >= 4 is 40.3 Å². The van der Waals surface area contributed by atoms with E-state index < -0.39 is 0 Å². The van der Waals surface area contributed by atoms with Gasteiger partial charge in [-0.15, -0.1) is 0 Å². The highest BCUT2D eigenvalue weighted by atomic mass is 32.2. The van der Waals surface area contributed by atoms with Gasteiger partial charge in [-0.3, -0.25) is 9.69 Å². The predicted molar refractivity (Wildman–Crippen MR) is 102 cm³/mol. The van der Waals surface area contributed by atoms with E-state index in [1.54, 1.807) is 4.90 Å². The molecule has 0 N–H and O–H groups in total. The van der Waals surface area contributed by atoms with Crippen LogP contribution in [0.5, 0.6) is 11.5 Å². The normalized spacial score (nSPS) is 17.6. The van der Waals surface area contributed by atoms with Crippen LogP contribution in [0, 0.1) is 6.92 Å². The van der Waals surface area contributed by atoms with Crippen LogP contribution in [0.25, 0.3) is 6.08 Å². The molecule has 2 aliphatic rings. The number of hydrogen-bond donors (Lipinski definition) is 0. The van der Waals surface area contributed by atoms with Gasteiger partial charge in [-0.2, -0.15) is 0 Å². The van der Waals surface area contributed by atoms with Crippen LogP contribution in [0.4, 0.5) is 0 Å². The second kappa shape index (κ2) is 6.54. The predicted octanol–water partition coefficient (Wildman–Crippen LogP) is 4.13. The minimum atomic E-state index is -0.0610. The van der Waals surface area contributed by atoms with E-state index in [-0.39, 0.29) is 12.7 Å². The minimum absolute atomic E-state index is 0.0610. The number of hydrogen-bond acceptors (Lipinski definition) is 5. The highest BCUT2D eigenvalue weighted by Gasteiger charge is 2.32. The molecule has 4 nitrogen and oxygen atoms in total. The first-order valence-electron chi connectivity index (χ1n) is 7.81. The largest absolute Gasteiger partial charge is 0.454 e. The van der Waals surface area contributed by atoms with Crippen molar-refractivity contribution in [1.82, 2.24) is 4.90 Å². The smallest absolute Gasteiger partial charge is 0.266 e. The van der Waals surface area contributed by atoms with Crippen molar-refractivity contribution in [3.05, 3.63) is 64.1 Å². The number of benzene rings is 2. The molecule has 2 aromatic rings. The number of thioether (sulfide) groups is 1. The van der Waals surface area contributed by atoms with E-state index in [0.717, 1.165) is 22.4 Å². The van der Waals surface area contributed by atoms with Crippen LogP contribution in [0.3, 0.4) is 0 Å². The summed E-state index contributed by atoms with van der Waals surface area (Å²) in [6.45, 7) is 2.69. The molecule has 0 bridgehead atoms. The molecular formula is C19H15NO3S2. The van der Waals surface area contributed by atoms with Crippen LogP contribution in [0.2, 0.25) is 0 Å². The lowest BCUT2D eigenvalue weighted by atomic mass is 10.1. The molecule has 0 atom stereocenters. The van der Waals surface area contributed by atoms with E-state index in [0.29, 0.717) is 21.5 Å². The number of carbonyl (C=O) groups excluding carboxylic acids is 1. The standard InChI is InChI=1S/C19H15NO3S2/c1-12-3-2-4-13(7-12)9-17-18(21)20(19(24)25-17)10-14-5-6-15-16(8-14)23-11-22-15/h2-9H,10-11H2,1H3/b17-9-. The Morgan fingerprint density at radius 2 is 2.04 bits per heavy atom. The van der Waals surface area contributed by atoms with Gasteiger partial charge in [0.25, 0.3) is 5.91 Å². The van der Waals surface area contributed by atoms with E-state index >= 15 is 0 Å². The summed E-state index contributed by atoms with van der Waals surface area (Å²) in [5, 5.41) is 0. The minimum Gasteiger partial charge on any atom is -0.454 e. The van der Waals surface area contributed by atoms with Gasteiger partial charge >= 0.3 is 0 Å². The van der Waals surface area contributed by atoms with Crippen molar-refractivity contribution in [2.24, 2.45) is 0 Å². The van der Waals surface area contributed by atoms with Gasteiger partial charge in [0.05, 0.1) is 11.4 Å². The van der Waals surface area contributed by atoms with Crippen molar-refractivity contribution in [3.63, 3.8) is 0 Å². The topological polar surface area (TPSA) is 38.8 Å². The number of rotatable bonds is 3. The summed E-state index contributed by atoms with van der Waals surface area (Å²) in [5.74, 6) is 1.38. The fourth-order valence-corrected chi connectivity index (χ4v) is 4.02. The average Bonchev–Trinajstić information content (AvgIpc) is 3.15. The molecule has 1 amide bonds. The molecular weight excluding hydrogens is 354 g/mol. The molecule has 0 aromatic heterocycles. The van der Waals surface area contributed by atoms with Gasteiger partial charge in [-0.05, 0) is 36.3 Å². The van der Waals surface area contributed by atoms with Crippen molar-refractivity contribution in [2.75, 3.05) is 6.79 Å². The zero-order valence-corrected chi connectivity index (χ0v) is 15.2. The second-order valence-corrected chi connectivity index (χ2v) is 7.55. The molecule has 2 aromatic carbocycles. The summed E-state index contributed by atoms with van der Waals surface area (Å²) >= 11 is 6.75. The third kappa shape index (κ3) is 3.27. The van der Waals surface area contributed by atoms with E-state index in [9.17, 15) is 4.79 Å². The van der Waals surface area contributed by atoms with Crippen LogP contribution < -0.4 is 9.47 Å². The van der Waals surface area contributed by atoms with E-state index in [1.807, 2.05) is 55.5 Å². The average molecular weight is 369 g/mol. The monoisotopic (exact) mass is 369 g/mol. The lowest BCUT2D eigenvalue weighted by Gasteiger charge is -2.14. The Labute approximate surface area is 155 Å². The summed E-state index contributed by atoms with van der Waals surface area (Å²) < 4.78 is 11.3. The molecule has 2 heterocycles. The molecule has 25 heavy (non-hydrogen) atoms. The molecule has 126 valence electrons. The maximum Gasteiger partial charge on any atom is 0.266 e. The molecule has 6 heteroatoms. The Morgan fingerprint density at radius 1 is 1.20 bits per heavy atom. The number of amides is 1. The number of aryl methyl sites for hydroxylation is 1. The number of fused-ring (bicyclic) bond motifs is 1. The highest BCUT2D eigenvalue weighted by molar-refractivity contribution is 8.26. The van der Waals surface area contributed by atoms with E-state index in [1.165, 1.54) is 11.8 Å². The third-order valence-electron chi connectivity index (χ3n) is 3.99. The quantitative estimate of drug-likeness (QED) is 0.601. The summed E-state index contributed by atoms with van der Waals surface area (Å²) in [6, 6.07) is 13.7. The zero-order chi connectivity index (χ0) is 17.4. The van der Waals surface area contributed by atoms with Gasteiger partial charge in [-0.25, -0.2) is 0 Å². The number of carbonyl (C=O) groups is 1. The summed E-state index contributed by atoms with van der Waals surface area (Å²) in [6.07, 6.45) is 1.89. The van der Waals surface area contributed by atoms with Crippen LogP contribution in [-0.2, 0) is 11.3 Å². The number of thiocarbonyl (C=S) groups is 1. The highest BCUT2D eigenvalue weighted by Crippen LogP contribution is 2.36. The first kappa shape index (κ1) is 16.2. The van der Waals surface area contributed by atoms with Crippen molar-refractivity contribution in [1.29, 1.82) is 0 Å². The maximum absolute atomic E-state index is 12.7. The Kier molecular flexibility index (Phi) is 4.23. The number of nitrogens with zero attached hydrogens (tertiary/aromatic N) is 1. The first-order chi connectivity index (χ1) is 12.1. The Morgan fingerprint density at radius 3 is 2.88 bits per heavy atom. The Balaban J connectivity index is 1.55. The zero-order valence-electron chi connectivity index (χ0n) is 13.5. The van der Waals surface area contributed by atoms with Gasteiger partial charge in [0.1, 0.15) is 4.32 Å². The van der Waals surface area contributed by atoms with Gasteiger partial charge < -0.3 is 9.47 Å². The lowest BCUT2D eigenvalue weighted by Crippen LogP contribution is -2.27. The maximum atomic E-state index is 12.7. The fraction of sp³-hybridized carbons (Fsp3) is 0.158. The first-order valence-corrected chi connectivity index (χ1v) is 9.03. The van der Waals surface area contributed by atoms with Crippen LogP contribution in [0.1, 0.15) is 16.7 Å². The van der Waals surface area contributed by atoms with Crippen molar-refractivity contribution in [2.45, 2.75) is 13.5 Å². The number of ether oxygens (including phenoxy) is 2. The van der Waals surface area contributed by atoms with Crippen molar-refractivity contribution < 1.29 is 14.3 Å². The molecule has 0 unspecified atom stereocenters. The molecule has 0 saturated carbocycles. The van der Waals surface area contributed by atoms with Gasteiger partial charge in [0.15, 0.2) is 11.5 Å². The Hall–Kier alpha value is -2.31. The second-order valence-electron chi connectivity index (χ2n) is 5.87. The van der Waals surface area contributed by atoms with Gasteiger partial charge in [0.2, 0.25) is 6.79 Å². The SMILES string of the molecule is Cc1cccc(/C=C2\SC(=S)N(Cc3ccc4c(c3)OCO4)C2=O)c1. The lowest BCUT2D eigenvalue weighted by molar-refractivity contribution is -0.122. The molecule has 0 aliphatic carbocycles. The molecule has 0 spiro atoms. The molecule has 4 rings (SSSR count). The summed E-state index contributed by atoms with van der Waals surface area (Å²) in [7, 11) is 0. The van der Waals surface area contributed by atoms with E-state index in [2.05, 4.69) is 0 Å².